The number of aromatic nitrogens is 3. The van der Waals surface area contributed by atoms with Crippen LogP contribution in [0.4, 0.5) is 4.79 Å². The predicted octanol–water partition coefficient (Wildman–Crippen LogP) is 3.90. The Morgan fingerprint density at radius 1 is 1.00 bits per heavy atom. The van der Waals surface area contributed by atoms with Crippen LogP contribution in [-0.2, 0) is 19.9 Å². The number of amides is 1. The monoisotopic (exact) mass is 465 g/mol. The van der Waals surface area contributed by atoms with Crippen molar-refractivity contribution in [3.8, 4) is 5.75 Å². The van der Waals surface area contributed by atoms with Crippen molar-refractivity contribution >= 4 is 17.9 Å². The average molecular weight is 466 g/mol. The van der Waals surface area contributed by atoms with E-state index in [9.17, 15) is 4.79 Å². The van der Waals surface area contributed by atoms with Gasteiger partial charge in [-0.3, -0.25) is 9.88 Å². The van der Waals surface area contributed by atoms with E-state index < -0.39 is 0 Å². The molecule has 2 aromatic heterocycles. The standard InChI is InChI=1S/C25H31N5O2S/c1-28-15-13-27-24(28)33-20-11-21-7-9-23(10-8-21)32-25(31)30-18-16-29(17-19-30)14-4-6-22-5-2-3-12-26-22/h2-3,5,7-10,12-13,15H,4,6,11,14,16-20H2,1H3. The molecule has 0 spiro atoms. The molecule has 0 aliphatic carbocycles. The van der Waals surface area contributed by atoms with Crippen LogP contribution in [0.5, 0.6) is 5.75 Å². The molecular weight excluding hydrogens is 434 g/mol. The highest BCUT2D eigenvalue weighted by molar-refractivity contribution is 7.99. The summed E-state index contributed by atoms with van der Waals surface area (Å²) in [5.74, 6) is 1.55. The summed E-state index contributed by atoms with van der Waals surface area (Å²) in [6.07, 6.45) is 8.35. The highest BCUT2D eigenvalue weighted by Gasteiger charge is 2.22. The van der Waals surface area contributed by atoms with Gasteiger partial charge in [0.25, 0.3) is 0 Å². The maximum absolute atomic E-state index is 12.6. The summed E-state index contributed by atoms with van der Waals surface area (Å²) in [6.45, 7) is 4.18. The second kappa shape index (κ2) is 11.9. The lowest BCUT2D eigenvalue weighted by Gasteiger charge is -2.34. The molecule has 1 amide bonds. The Labute approximate surface area is 199 Å². The molecule has 0 radical (unpaired) electrons. The minimum atomic E-state index is -0.263. The Morgan fingerprint density at radius 2 is 1.82 bits per heavy atom. The van der Waals surface area contributed by atoms with E-state index in [1.54, 1.807) is 16.7 Å². The topological polar surface area (TPSA) is 63.5 Å². The summed E-state index contributed by atoms with van der Waals surface area (Å²) in [5.41, 5.74) is 2.36. The van der Waals surface area contributed by atoms with Crippen LogP contribution < -0.4 is 4.74 Å². The van der Waals surface area contributed by atoms with E-state index >= 15 is 0 Å². The summed E-state index contributed by atoms with van der Waals surface area (Å²) in [4.78, 5) is 25.5. The van der Waals surface area contributed by atoms with Crippen molar-refractivity contribution in [2.75, 3.05) is 38.5 Å². The van der Waals surface area contributed by atoms with Crippen molar-refractivity contribution in [2.45, 2.75) is 24.4 Å². The van der Waals surface area contributed by atoms with Gasteiger partial charge in [-0.1, -0.05) is 30.0 Å². The number of imidazole rings is 1. The normalized spacial score (nSPS) is 14.4. The van der Waals surface area contributed by atoms with Crippen LogP contribution in [-0.4, -0.2) is 68.9 Å². The number of carbonyl (C=O) groups excluding carboxylic acids is 1. The molecular formula is C25H31N5O2S. The molecule has 33 heavy (non-hydrogen) atoms. The lowest BCUT2D eigenvalue weighted by Crippen LogP contribution is -2.49. The van der Waals surface area contributed by atoms with Crippen LogP contribution in [0.1, 0.15) is 17.7 Å². The SMILES string of the molecule is Cn1ccnc1SCCc1ccc(OC(=O)N2CCN(CCCc3ccccn3)CC2)cc1. The zero-order valence-corrected chi connectivity index (χ0v) is 19.9. The van der Waals surface area contributed by atoms with Gasteiger partial charge in [0, 0.05) is 63.3 Å². The molecule has 174 valence electrons. The summed E-state index contributed by atoms with van der Waals surface area (Å²) in [5, 5.41) is 1.02. The zero-order valence-electron chi connectivity index (χ0n) is 19.1. The molecule has 1 saturated heterocycles. The second-order valence-electron chi connectivity index (χ2n) is 8.18. The molecule has 4 rings (SSSR count). The number of rotatable bonds is 9. The third-order valence-electron chi connectivity index (χ3n) is 5.79. The average Bonchev–Trinajstić information content (AvgIpc) is 3.26. The first kappa shape index (κ1) is 23.3. The van der Waals surface area contributed by atoms with Crippen molar-refractivity contribution in [2.24, 2.45) is 7.05 Å². The maximum atomic E-state index is 12.6. The van der Waals surface area contributed by atoms with Gasteiger partial charge >= 0.3 is 6.09 Å². The number of hydrogen-bond donors (Lipinski definition) is 0. The van der Waals surface area contributed by atoms with E-state index in [1.165, 1.54) is 5.56 Å². The first-order chi connectivity index (χ1) is 16.2. The summed E-state index contributed by atoms with van der Waals surface area (Å²) in [6, 6.07) is 13.9. The van der Waals surface area contributed by atoms with Gasteiger partial charge < -0.3 is 14.2 Å². The highest BCUT2D eigenvalue weighted by Crippen LogP contribution is 2.19. The Morgan fingerprint density at radius 3 is 2.52 bits per heavy atom. The van der Waals surface area contributed by atoms with E-state index in [2.05, 4.69) is 20.9 Å². The van der Waals surface area contributed by atoms with Crippen molar-refractivity contribution in [3.05, 3.63) is 72.3 Å². The van der Waals surface area contributed by atoms with Gasteiger partial charge in [0.05, 0.1) is 0 Å². The Hall–Kier alpha value is -2.84. The molecule has 0 saturated carbocycles. The number of pyridine rings is 1. The molecule has 3 aromatic rings. The fraction of sp³-hybridized carbons (Fsp3) is 0.400. The van der Waals surface area contributed by atoms with Crippen LogP contribution in [0.25, 0.3) is 0 Å². The zero-order chi connectivity index (χ0) is 22.9. The Kier molecular flexibility index (Phi) is 8.38. The molecule has 0 atom stereocenters. The summed E-state index contributed by atoms with van der Waals surface area (Å²) >= 11 is 1.74. The van der Waals surface area contributed by atoms with Gasteiger partial charge in [0.15, 0.2) is 5.16 Å². The molecule has 1 fully saturated rings. The Bertz CT molecular complexity index is 1000. The van der Waals surface area contributed by atoms with Crippen molar-refractivity contribution in [3.63, 3.8) is 0 Å². The van der Waals surface area contributed by atoms with Crippen LogP contribution in [0.2, 0.25) is 0 Å². The smallest absolute Gasteiger partial charge is 0.410 e. The van der Waals surface area contributed by atoms with Gasteiger partial charge in [-0.05, 0) is 55.6 Å². The molecule has 3 heterocycles. The molecule has 7 nitrogen and oxygen atoms in total. The lowest BCUT2D eigenvalue weighted by molar-refractivity contribution is 0.110. The molecule has 0 unspecified atom stereocenters. The predicted molar refractivity (Wildman–Crippen MR) is 131 cm³/mol. The Balaban J connectivity index is 1.14. The van der Waals surface area contributed by atoms with E-state index in [4.69, 9.17) is 4.74 Å². The van der Waals surface area contributed by atoms with Crippen LogP contribution in [0.15, 0.2) is 66.2 Å². The van der Waals surface area contributed by atoms with Crippen LogP contribution >= 0.6 is 11.8 Å². The molecule has 8 heteroatoms. The van der Waals surface area contributed by atoms with E-state index in [0.29, 0.717) is 18.8 Å². The quantitative estimate of drug-likeness (QED) is 0.447. The number of ether oxygens (including phenoxy) is 1. The van der Waals surface area contributed by atoms with E-state index in [0.717, 1.165) is 55.5 Å². The largest absolute Gasteiger partial charge is 0.415 e. The van der Waals surface area contributed by atoms with Gasteiger partial charge in [0.1, 0.15) is 5.75 Å². The number of nitrogens with zero attached hydrogens (tertiary/aromatic N) is 5. The second-order valence-corrected chi connectivity index (χ2v) is 9.25. The third kappa shape index (κ3) is 7.07. The molecule has 1 aliphatic rings. The minimum absolute atomic E-state index is 0.263. The fourth-order valence-corrected chi connectivity index (χ4v) is 4.74. The van der Waals surface area contributed by atoms with Gasteiger partial charge in [-0.2, -0.15) is 0 Å². The lowest BCUT2D eigenvalue weighted by atomic mass is 10.2. The van der Waals surface area contributed by atoms with E-state index in [1.807, 2.05) is 66.6 Å². The maximum Gasteiger partial charge on any atom is 0.415 e. The number of hydrogen-bond acceptors (Lipinski definition) is 6. The molecule has 0 N–H and O–H groups in total. The number of piperazine rings is 1. The number of aryl methyl sites for hydroxylation is 3. The number of carbonyl (C=O) groups is 1. The highest BCUT2D eigenvalue weighted by atomic mass is 32.2. The van der Waals surface area contributed by atoms with Crippen LogP contribution in [0.3, 0.4) is 0 Å². The molecule has 0 bridgehead atoms. The number of thioether (sulfide) groups is 1. The summed E-state index contributed by atoms with van der Waals surface area (Å²) < 4.78 is 7.63. The van der Waals surface area contributed by atoms with Gasteiger partial charge in [-0.15, -0.1) is 0 Å². The fourth-order valence-electron chi connectivity index (χ4n) is 3.82. The first-order valence-electron chi connectivity index (χ1n) is 11.5. The van der Waals surface area contributed by atoms with Crippen LogP contribution in [0, 0.1) is 0 Å². The molecule has 1 aromatic carbocycles. The number of benzene rings is 1. The third-order valence-corrected chi connectivity index (χ3v) is 6.85. The van der Waals surface area contributed by atoms with Crippen molar-refractivity contribution in [1.29, 1.82) is 0 Å². The summed E-state index contributed by atoms with van der Waals surface area (Å²) in [7, 11) is 2.00. The first-order valence-corrected chi connectivity index (χ1v) is 12.4. The van der Waals surface area contributed by atoms with Gasteiger partial charge in [-0.25, -0.2) is 9.78 Å². The van der Waals surface area contributed by atoms with E-state index in [-0.39, 0.29) is 6.09 Å². The molecule has 1 aliphatic heterocycles. The van der Waals surface area contributed by atoms with Crippen molar-refractivity contribution in [1.82, 2.24) is 24.3 Å². The minimum Gasteiger partial charge on any atom is -0.410 e. The van der Waals surface area contributed by atoms with Crippen molar-refractivity contribution < 1.29 is 9.53 Å². The van der Waals surface area contributed by atoms with Gasteiger partial charge in [0.2, 0.25) is 0 Å².